The van der Waals surface area contributed by atoms with Crippen molar-refractivity contribution in [3.63, 3.8) is 0 Å². The minimum Gasteiger partial charge on any atom is -0.495 e. The Morgan fingerprint density at radius 1 is 1.30 bits per heavy atom. The van der Waals surface area contributed by atoms with Gasteiger partial charge in [-0.05, 0) is 30.3 Å². The molecule has 2 aromatic rings. The molecule has 0 saturated heterocycles. The molecule has 0 bridgehead atoms. The van der Waals surface area contributed by atoms with Crippen LogP contribution in [-0.2, 0) is 11.3 Å². The zero-order valence-electron chi connectivity index (χ0n) is 11.1. The van der Waals surface area contributed by atoms with Crippen molar-refractivity contribution in [3.8, 4) is 5.75 Å². The average Bonchev–Trinajstić information content (AvgIpc) is 2.88. The summed E-state index contributed by atoms with van der Waals surface area (Å²) in [5.41, 5.74) is 0.481. The normalized spacial score (nSPS) is 10.3. The van der Waals surface area contributed by atoms with Crippen LogP contribution in [-0.4, -0.2) is 20.1 Å². The zero-order chi connectivity index (χ0) is 14.5. The molecule has 0 unspecified atom stereocenters. The number of methoxy groups -OCH3 is 2. The van der Waals surface area contributed by atoms with Gasteiger partial charge in [-0.15, -0.1) is 0 Å². The largest absolute Gasteiger partial charge is 0.495 e. The van der Waals surface area contributed by atoms with Crippen LogP contribution in [0.2, 0.25) is 5.02 Å². The van der Waals surface area contributed by atoms with Gasteiger partial charge in [-0.3, -0.25) is 4.79 Å². The summed E-state index contributed by atoms with van der Waals surface area (Å²) >= 11 is 5.90. The van der Waals surface area contributed by atoms with E-state index in [4.69, 9.17) is 25.5 Å². The van der Waals surface area contributed by atoms with Crippen molar-refractivity contribution in [3.05, 3.63) is 46.9 Å². The van der Waals surface area contributed by atoms with Crippen LogP contribution in [0.25, 0.3) is 0 Å². The van der Waals surface area contributed by atoms with Crippen molar-refractivity contribution < 1.29 is 18.7 Å². The fourth-order valence-electron chi connectivity index (χ4n) is 1.68. The maximum Gasteiger partial charge on any atom is 0.291 e. The number of carbonyl (C=O) groups excluding carboxylic acids is 1. The SMILES string of the molecule is COCc1ccc(C(=O)Nc2cc(Cl)ccc2OC)o1. The van der Waals surface area contributed by atoms with Crippen LogP contribution in [0.4, 0.5) is 5.69 Å². The Hall–Kier alpha value is -1.98. The van der Waals surface area contributed by atoms with Crippen molar-refractivity contribution in [1.82, 2.24) is 0 Å². The van der Waals surface area contributed by atoms with E-state index in [1.165, 1.54) is 7.11 Å². The summed E-state index contributed by atoms with van der Waals surface area (Å²) in [7, 11) is 3.07. The fourth-order valence-corrected chi connectivity index (χ4v) is 1.85. The van der Waals surface area contributed by atoms with Crippen LogP contribution in [0.3, 0.4) is 0 Å². The molecule has 0 saturated carbocycles. The Morgan fingerprint density at radius 3 is 2.80 bits per heavy atom. The summed E-state index contributed by atoms with van der Waals surface area (Å²) in [6.07, 6.45) is 0. The third-order valence-electron chi connectivity index (χ3n) is 2.58. The van der Waals surface area contributed by atoms with Crippen LogP contribution in [0.15, 0.2) is 34.7 Å². The first-order chi connectivity index (χ1) is 9.63. The number of nitrogens with one attached hydrogen (secondary N) is 1. The van der Waals surface area contributed by atoms with Crippen LogP contribution in [0, 0.1) is 0 Å². The molecule has 1 heterocycles. The van der Waals surface area contributed by atoms with Gasteiger partial charge < -0.3 is 19.2 Å². The monoisotopic (exact) mass is 295 g/mol. The Labute approximate surface area is 121 Å². The molecule has 0 aliphatic carbocycles. The van der Waals surface area contributed by atoms with Crippen LogP contribution in [0.1, 0.15) is 16.3 Å². The van der Waals surface area contributed by atoms with E-state index in [2.05, 4.69) is 5.32 Å². The summed E-state index contributed by atoms with van der Waals surface area (Å²) < 4.78 is 15.4. The molecular formula is C14H14ClNO4. The number of rotatable bonds is 5. The molecule has 0 aliphatic heterocycles. The molecule has 1 aromatic heterocycles. The lowest BCUT2D eigenvalue weighted by molar-refractivity contribution is 0.0987. The van der Waals surface area contributed by atoms with Crippen LogP contribution >= 0.6 is 11.6 Å². The highest BCUT2D eigenvalue weighted by Crippen LogP contribution is 2.28. The summed E-state index contributed by atoms with van der Waals surface area (Å²) in [5, 5.41) is 3.19. The van der Waals surface area contributed by atoms with Crippen molar-refractivity contribution in [2.75, 3.05) is 19.5 Å². The lowest BCUT2D eigenvalue weighted by Crippen LogP contribution is -2.11. The number of carbonyl (C=O) groups is 1. The number of halogens is 1. The van der Waals surface area contributed by atoms with Gasteiger partial charge in [0.05, 0.1) is 12.8 Å². The van der Waals surface area contributed by atoms with Gasteiger partial charge in [0.15, 0.2) is 5.76 Å². The summed E-state index contributed by atoms with van der Waals surface area (Å²) in [4.78, 5) is 12.1. The zero-order valence-corrected chi connectivity index (χ0v) is 11.9. The Balaban J connectivity index is 2.16. The molecule has 106 valence electrons. The molecule has 0 spiro atoms. The van der Waals surface area contributed by atoms with E-state index < -0.39 is 0 Å². The molecule has 1 aromatic carbocycles. The predicted octanol–water partition coefficient (Wildman–Crippen LogP) is 3.34. The molecule has 1 N–H and O–H groups in total. The quantitative estimate of drug-likeness (QED) is 0.919. The molecule has 0 atom stereocenters. The Morgan fingerprint density at radius 2 is 2.10 bits per heavy atom. The average molecular weight is 296 g/mol. The van der Waals surface area contributed by atoms with Crippen molar-refractivity contribution in [1.29, 1.82) is 0 Å². The first-order valence-electron chi connectivity index (χ1n) is 5.86. The highest BCUT2D eigenvalue weighted by Gasteiger charge is 2.14. The van der Waals surface area contributed by atoms with Gasteiger partial charge in [0, 0.05) is 12.1 Å². The van der Waals surface area contributed by atoms with Gasteiger partial charge in [0.25, 0.3) is 5.91 Å². The van der Waals surface area contributed by atoms with Gasteiger partial charge in [-0.25, -0.2) is 0 Å². The second kappa shape index (κ2) is 6.45. The van der Waals surface area contributed by atoms with E-state index in [1.807, 2.05) is 0 Å². The third kappa shape index (κ3) is 3.31. The van der Waals surface area contributed by atoms with E-state index in [1.54, 1.807) is 37.4 Å². The number of benzene rings is 1. The standard InChI is InChI=1S/C14H14ClNO4/c1-18-8-10-4-6-13(20-10)14(17)16-11-7-9(15)3-5-12(11)19-2/h3-7H,8H2,1-2H3,(H,16,17). The fraction of sp³-hybridized carbons (Fsp3) is 0.214. The van der Waals surface area contributed by atoms with Crippen LogP contribution in [0.5, 0.6) is 5.75 Å². The van der Waals surface area contributed by atoms with E-state index in [0.717, 1.165) is 0 Å². The maximum atomic E-state index is 12.1. The minimum atomic E-state index is -0.382. The number of ether oxygens (including phenoxy) is 2. The van der Waals surface area contributed by atoms with Crippen molar-refractivity contribution >= 4 is 23.2 Å². The van der Waals surface area contributed by atoms with E-state index in [0.29, 0.717) is 28.8 Å². The number of anilines is 1. The lowest BCUT2D eigenvalue weighted by Gasteiger charge is -2.09. The molecule has 20 heavy (non-hydrogen) atoms. The van der Waals surface area contributed by atoms with Crippen molar-refractivity contribution in [2.24, 2.45) is 0 Å². The summed E-state index contributed by atoms with van der Waals surface area (Å²) in [6, 6.07) is 8.24. The lowest BCUT2D eigenvalue weighted by atomic mass is 10.3. The third-order valence-corrected chi connectivity index (χ3v) is 2.82. The molecule has 2 rings (SSSR count). The van der Waals surface area contributed by atoms with Gasteiger partial charge in [0.2, 0.25) is 0 Å². The highest BCUT2D eigenvalue weighted by molar-refractivity contribution is 6.31. The first-order valence-corrected chi connectivity index (χ1v) is 6.24. The minimum absolute atomic E-state index is 0.194. The Kier molecular flexibility index (Phi) is 4.65. The predicted molar refractivity (Wildman–Crippen MR) is 75.4 cm³/mol. The number of amides is 1. The van der Waals surface area contributed by atoms with Gasteiger partial charge >= 0.3 is 0 Å². The van der Waals surface area contributed by atoms with Gasteiger partial charge in [0.1, 0.15) is 18.1 Å². The van der Waals surface area contributed by atoms with E-state index in [-0.39, 0.29) is 11.7 Å². The Bertz CT molecular complexity index is 609. The molecule has 5 nitrogen and oxygen atoms in total. The molecule has 1 amide bonds. The number of furan rings is 1. The topological polar surface area (TPSA) is 60.7 Å². The highest BCUT2D eigenvalue weighted by atomic mass is 35.5. The molecule has 0 aliphatic rings. The van der Waals surface area contributed by atoms with E-state index >= 15 is 0 Å². The van der Waals surface area contributed by atoms with Crippen molar-refractivity contribution in [2.45, 2.75) is 6.61 Å². The summed E-state index contributed by atoms with van der Waals surface area (Å²) in [5.74, 6) is 0.911. The first kappa shape index (κ1) is 14.4. The molecule has 0 fully saturated rings. The number of hydrogen-bond acceptors (Lipinski definition) is 4. The molecular weight excluding hydrogens is 282 g/mol. The van der Waals surface area contributed by atoms with E-state index in [9.17, 15) is 4.79 Å². The number of hydrogen-bond donors (Lipinski definition) is 1. The summed E-state index contributed by atoms with van der Waals surface area (Å²) in [6.45, 7) is 0.313. The van der Waals surface area contributed by atoms with Gasteiger partial charge in [-0.1, -0.05) is 11.6 Å². The van der Waals surface area contributed by atoms with Crippen LogP contribution < -0.4 is 10.1 Å². The maximum absolute atomic E-state index is 12.1. The molecule has 6 heteroatoms. The smallest absolute Gasteiger partial charge is 0.291 e. The molecule has 0 radical (unpaired) electrons. The second-order valence-corrected chi connectivity index (χ2v) is 4.43. The van der Waals surface area contributed by atoms with Gasteiger partial charge in [-0.2, -0.15) is 0 Å². The second-order valence-electron chi connectivity index (χ2n) is 4.00.